The Morgan fingerprint density at radius 3 is 2.21 bits per heavy atom. The Hall–Kier alpha value is -3.68. The van der Waals surface area contributed by atoms with E-state index in [0.29, 0.717) is 5.75 Å². The van der Waals surface area contributed by atoms with Gasteiger partial charge in [0.1, 0.15) is 12.3 Å². The fraction of sp³-hybridized carbons (Fsp3) is 0.238. The van der Waals surface area contributed by atoms with Crippen LogP contribution in [0, 0.1) is 0 Å². The summed E-state index contributed by atoms with van der Waals surface area (Å²) in [7, 11) is 1.53. The summed E-state index contributed by atoms with van der Waals surface area (Å²) in [6.07, 6.45) is -1.09. The number of esters is 1. The number of imide groups is 1. The largest absolute Gasteiger partial charge is 0.496 e. The molecule has 0 aromatic heterocycles. The molecule has 3 amide bonds. The lowest BCUT2D eigenvalue weighted by molar-refractivity contribution is -0.155. The minimum atomic E-state index is -1.09. The van der Waals surface area contributed by atoms with E-state index in [1.165, 1.54) is 26.2 Å². The number of para-hydroxylation sites is 1. The minimum absolute atomic E-state index is 0.198. The van der Waals surface area contributed by atoms with Gasteiger partial charge in [-0.15, -0.1) is 0 Å². The van der Waals surface area contributed by atoms with Crippen LogP contribution >= 0.6 is 0 Å². The maximum absolute atomic E-state index is 12.3. The first-order chi connectivity index (χ1) is 13.9. The van der Waals surface area contributed by atoms with Gasteiger partial charge in [0.2, 0.25) is 0 Å². The van der Waals surface area contributed by atoms with Crippen molar-refractivity contribution in [1.29, 1.82) is 0 Å². The summed E-state index contributed by atoms with van der Waals surface area (Å²) in [5.41, 5.74) is 1.26. The number of amides is 3. The molecule has 0 fully saturated rings. The molecule has 8 heteroatoms. The van der Waals surface area contributed by atoms with Gasteiger partial charge in [0.05, 0.1) is 18.2 Å². The fourth-order valence-electron chi connectivity index (χ4n) is 2.97. The van der Waals surface area contributed by atoms with Crippen molar-refractivity contribution >= 4 is 23.7 Å². The standard InChI is InChI=1S/C21H20N2O6/c1-13(19(25)22-11-14-7-3-6-10-17(14)28-2)29-18(24)12-23-20(26)15-8-4-5-9-16(15)21(23)27/h3-10,13H,11-12H2,1-2H3,(H,22,25)/t13-/m0/s1. The van der Waals surface area contributed by atoms with E-state index in [2.05, 4.69) is 5.32 Å². The Kier molecular flexibility index (Phi) is 5.92. The number of methoxy groups -OCH3 is 1. The van der Waals surface area contributed by atoms with Crippen molar-refractivity contribution in [2.75, 3.05) is 13.7 Å². The number of hydrogen-bond acceptors (Lipinski definition) is 6. The first-order valence-corrected chi connectivity index (χ1v) is 8.96. The molecule has 0 aliphatic carbocycles. The van der Waals surface area contributed by atoms with E-state index in [4.69, 9.17) is 9.47 Å². The number of nitrogens with zero attached hydrogens (tertiary/aromatic N) is 1. The van der Waals surface area contributed by atoms with E-state index in [9.17, 15) is 19.2 Å². The lowest BCUT2D eigenvalue weighted by Crippen LogP contribution is -2.40. The van der Waals surface area contributed by atoms with Crippen molar-refractivity contribution in [1.82, 2.24) is 10.2 Å². The van der Waals surface area contributed by atoms with Gasteiger partial charge >= 0.3 is 5.97 Å². The second kappa shape index (κ2) is 8.55. The molecule has 3 rings (SSSR count). The molecule has 0 bridgehead atoms. The second-order valence-corrected chi connectivity index (χ2v) is 6.40. The van der Waals surface area contributed by atoms with Gasteiger partial charge in [-0.05, 0) is 25.1 Å². The summed E-state index contributed by atoms with van der Waals surface area (Å²) in [6, 6.07) is 13.5. The number of hydrogen-bond donors (Lipinski definition) is 1. The molecule has 0 saturated heterocycles. The van der Waals surface area contributed by atoms with Crippen LogP contribution in [0.5, 0.6) is 5.75 Å². The zero-order chi connectivity index (χ0) is 21.0. The third kappa shape index (κ3) is 4.26. The van der Waals surface area contributed by atoms with Crippen molar-refractivity contribution in [3.8, 4) is 5.75 Å². The molecule has 8 nitrogen and oxygen atoms in total. The third-order valence-corrected chi connectivity index (χ3v) is 4.49. The van der Waals surface area contributed by atoms with Crippen LogP contribution < -0.4 is 10.1 Å². The summed E-state index contributed by atoms with van der Waals surface area (Å²) in [5, 5.41) is 2.66. The lowest BCUT2D eigenvalue weighted by Gasteiger charge is -2.17. The number of carbonyl (C=O) groups excluding carboxylic acids is 4. The number of benzene rings is 2. The highest BCUT2D eigenvalue weighted by Crippen LogP contribution is 2.22. The van der Waals surface area contributed by atoms with Gasteiger partial charge < -0.3 is 14.8 Å². The average Bonchev–Trinajstić information content (AvgIpc) is 2.97. The molecule has 0 unspecified atom stereocenters. The van der Waals surface area contributed by atoms with Gasteiger partial charge in [0, 0.05) is 12.1 Å². The van der Waals surface area contributed by atoms with Crippen molar-refractivity contribution in [2.45, 2.75) is 19.6 Å². The van der Waals surface area contributed by atoms with Crippen molar-refractivity contribution in [3.05, 3.63) is 65.2 Å². The Morgan fingerprint density at radius 2 is 1.59 bits per heavy atom. The van der Waals surface area contributed by atoms with Gasteiger partial charge in [-0.1, -0.05) is 30.3 Å². The van der Waals surface area contributed by atoms with Crippen molar-refractivity contribution in [3.63, 3.8) is 0 Å². The Morgan fingerprint density at radius 1 is 1.00 bits per heavy atom. The van der Waals surface area contributed by atoms with Crippen LogP contribution in [0.4, 0.5) is 0 Å². The summed E-state index contributed by atoms with van der Waals surface area (Å²) in [4.78, 5) is 49.8. The lowest BCUT2D eigenvalue weighted by atomic mass is 10.1. The fourth-order valence-corrected chi connectivity index (χ4v) is 2.97. The van der Waals surface area contributed by atoms with E-state index >= 15 is 0 Å². The summed E-state index contributed by atoms with van der Waals surface area (Å²) in [6.45, 7) is 1.05. The average molecular weight is 396 g/mol. The molecule has 2 aromatic carbocycles. The normalized spacial score (nSPS) is 13.7. The van der Waals surface area contributed by atoms with Crippen molar-refractivity contribution in [2.24, 2.45) is 0 Å². The number of ether oxygens (including phenoxy) is 2. The molecule has 1 atom stereocenters. The molecular weight excluding hydrogens is 376 g/mol. The maximum atomic E-state index is 12.3. The number of nitrogens with one attached hydrogen (secondary N) is 1. The predicted molar refractivity (Wildman–Crippen MR) is 102 cm³/mol. The van der Waals surface area contributed by atoms with Crippen LogP contribution in [-0.2, 0) is 20.9 Å². The quantitative estimate of drug-likeness (QED) is 0.563. The number of carbonyl (C=O) groups is 4. The van der Waals surface area contributed by atoms with Crippen LogP contribution in [-0.4, -0.2) is 48.3 Å². The molecule has 0 spiro atoms. The van der Waals surface area contributed by atoms with Crippen LogP contribution in [0.3, 0.4) is 0 Å². The molecule has 1 aliphatic rings. The summed E-state index contributed by atoms with van der Waals surface area (Å²) >= 11 is 0. The Labute approximate surface area is 167 Å². The highest BCUT2D eigenvalue weighted by Gasteiger charge is 2.37. The predicted octanol–water partition coefficient (Wildman–Crippen LogP) is 1.54. The van der Waals surface area contributed by atoms with Crippen LogP contribution in [0.15, 0.2) is 48.5 Å². The molecular formula is C21H20N2O6. The highest BCUT2D eigenvalue weighted by atomic mass is 16.5. The monoisotopic (exact) mass is 396 g/mol. The van der Waals surface area contributed by atoms with Gasteiger partial charge in [-0.3, -0.25) is 24.1 Å². The van der Waals surface area contributed by atoms with Gasteiger partial charge in [0.25, 0.3) is 17.7 Å². The van der Waals surface area contributed by atoms with Crippen molar-refractivity contribution < 1.29 is 28.7 Å². The zero-order valence-electron chi connectivity index (χ0n) is 16.0. The molecule has 0 radical (unpaired) electrons. The molecule has 0 saturated carbocycles. The van der Waals surface area contributed by atoms with E-state index in [0.717, 1.165) is 10.5 Å². The Balaban J connectivity index is 1.53. The maximum Gasteiger partial charge on any atom is 0.326 e. The summed E-state index contributed by atoms with van der Waals surface area (Å²) in [5.74, 6) is -1.85. The topological polar surface area (TPSA) is 102 Å². The molecule has 1 aliphatic heterocycles. The number of rotatable bonds is 7. The SMILES string of the molecule is COc1ccccc1CNC(=O)[C@H](C)OC(=O)CN1C(=O)c2ccccc2C1=O. The minimum Gasteiger partial charge on any atom is -0.496 e. The van der Waals surface area contributed by atoms with Gasteiger partial charge in [0.15, 0.2) is 6.10 Å². The first-order valence-electron chi connectivity index (χ1n) is 8.96. The van der Waals surface area contributed by atoms with Gasteiger partial charge in [-0.25, -0.2) is 0 Å². The smallest absolute Gasteiger partial charge is 0.326 e. The van der Waals surface area contributed by atoms with E-state index in [1.807, 2.05) is 12.1 Å². The van der Waals surface area contributed by atoms with E-state index < -0.39 is 36.3 Å². The molecule has 29 heavy (non-hydrogen) atoms. The molecule has 1 heterocycles. The number of fused-ring (bicyclic) bond motifs is 1. The zero-order valence-corrected chi connectivity index (χ0v) is 16.0. The van der Waals surface area contributed by atoms with Crippen LogP contribution in [0.1, 0.15) is 33.2 Å². The third-order valence-electron chi connectivity index (χ3n) is 4.49. The molecule has 1 N–H and O–H groups in total. The van der Waals surface area contributed by atoms with Gasteiger partial charge in [-0.2, -0.15) is 0 Å². The molecule has 2 aromatic rings. The molecule has 150 valence electrons. The Bertz CT molecular complexity index is 936. The van der Waals surface area contributed by atoms with E-state index in [-0.39, 0.29) is 17.7 Å². The second-order valence-electron chi connectivity index (χ2n) is 6.40. The summed E-state index contributed by atoms with van der Waals surface area (Å²) < 4.78 is 10.3. The highest BCUT2D eigenvalue weighted by molar-refractivity contribution is 6.22. The first kappa shape index (κ1) is 20.1. The van der Waals surface area contributed by atoms with E-state index in [1.54, 1.807) is 24.3 Å². The van der Waals surface area contributed by atoms with Crippen LogP contribution in [0.25, 0.3) is 0 Å². The van der Waals surface area contributed by atoms with Crippen LogP contribution in [0.2, 0.25) is 0 Å².